The molecule has 2 aromatic rings. The van der Waals surface area contributed by atoms with Gasteiger partial charge < -0.3 is 13.9 Å². The number of likely N-dealkylation sites (tertiary alicyclic amines) is 1. The molecule has 19 heavy (non-hydrogen) atoms. The topological polar surface area (TPSA) is 75.5 Å². The minimum Gasteiger partial charge on any atom is -0.459 e. The third-order valence-corrected chi connectivity index (χ3v) is 3.31. The zero-order valence-electron chi connectivity index (χ0n) is 10.9. The van der Waals surface area contributed by atoms with E-state index in [0.29, 0.717) is 30.6 Å². The average Bonchev–Trinajstić information content (AvgIpc) is 2.96. The molecule has 1 unspecified atom stereocenters. The number of rotatable bonds is 3. The summed E-state index contributed by atoms with van der Waals surface area (Å²) in [4.78, 5) is 2.13. The second-order valence-electron chi connectivity index (χ2n) is 5.29. The lowest BCUT2D eigenvalue weighted by atomic mass is 9.95. The predicted molar refractivity (Wildman–Crippen MR) is 67.1 cm³/mol. The maximum atomic E-state index is 10.1. The van der Waals surface area contributed by atoms with Crippen LogP contribution in [0, 0.1) is 0 Å². The van der Waals surface area contributed by atoms with Crippen LogP contribution in [0.25, 0.3) is 11.7 Å². The Hall–Kier alpha value is -1.66. The monoisotopic (exact) mass is 263 g/mol. The SMILES string of the molecule is CC1(O)CCCN(Cc2nnc(-c3ccco3)o2)C1. The van der Waals surface area contributed by atoms with Crippen LogP contribution in [0.3, 0.4) is 0 Å². The molecule has 1 N–H and O–H groups in total. The molecule has 6 heteroatoms. The van der Waals surface area contributed by atoms with Gasteiger partial charge in [0, 0.05) is 6.54 Å². The molecule has 3 rings (SSSR count). The summed E-state index contributed by atoms with van der Waals surface area (Å²) in [6.45, 7) is 3.99. The minimum absolute atomic E-state index is 0.392. The van der Waals surface area contributed by atoms with Crippen LogP contribution in [0.5, 0.6) is 0 Å². The molecule has 0 saturated carbocycles. The van der Waals surface area contributed by atoms with Gasteiger partial charge in [0.2, 0.25) is 5.89 Å². The highest BCUT2D eigenvalue weighted by Crippen LogP contribution is 2.23. The highest BCUT2D eigenvalue weighted by molar-refractivity contribution is 5.42. The first-order valence-corrected chi connectivity index (χ1v) is 6.43. The summed E-state index contributed by atoms with van der Waals surface area (Å²) in [5.41, 5.74) is -0.623. The second kappa shape index (κ2) is 4.79. The van der Waals surface area contributed by atoms with Gasteiger partial charge >= 0.3 is 0 Å². The number of aromatic nitrogens is 2. The van der Waals surface area contributed by atoms with Gasteiger partial charge in [-0.15, -0.1) is 10.2 Å². The van der Waals surface area contributed by atoms with E-state index in [0.717, 1.165) is 19.4 Å². The van der Waals surface area contributed by atoms with E-state index in [1.54, 1.807) is 18.4 Å². The van der Waals surface area contributed by atoms with Gasteiger partial charge in [0.05, 0.1) is 18.4 Å². The van der Waals surface area contributed by atoms with Crippen LogP contribution in [0.4, 0.5) is 0 Å². The van der Waals surface area contributed by atoms with E-state index in [9.17, 15) is 5.11 Å². The molecule has 0 bridgehead atoms. The van der Waals surface area contributed by atoms with Crippen molar-refractivity contribution < 1.29 is 13.9 Å². The predicted octanol–water partition coefficient (Wildman–Crippen LogP) is 1.68. The highest BCUT2D eigenvalue weighted by Gasteiger charge is 2.29. The molecule has 1 atom stereocenters. The summed E-state index contributed by atoms with van der Waals surface area (Å²) in [5.74, 6) is 1.51. The largest absolute Gasteiger partial charge is 0.459 e. The van der Waals surface area contributed by atoms with Gasteiger partial charge in [-0.05, 0) is 38.4 Å². The van der Waals surface area contributed by atoms with Gasteiger partial charge in [-0.1, -0.05) is 0 Å². The minimum atomic E-state index is -0.623. The lowest BCUT2D eigenvalue weighted by Gasteiger charge is -2.35. The molecule has 1 aliphatic heterocycles. The normalized spacial score (nSPS) is 24.7. The van der Waals surface area contributed by atoms with Crippen molar-refractivity contribution in [2.75, 3.05) is 13.1 Å². The molecule has 1 saturated heterocycles. The molecule has 1 fully saturated rings. The molecule has 102 valence electrons. The Kier molecular flexibility index (Phi) is 3.12. The first-order valence-electron chi connectivity index (χ1n) is 6.43. The van der Waals surface area contributed by atoms with Crippen LogP contribution < -0.4 is 0 Å². The van der Waals surface area contributed by atoms with Gasteiger partial charge in [0.15, 0.2) is 5.76 Å². The van der Waals surface area contributed by atoms with Crippen molar-refractivity contribution in [1.82, 2.24) is 15.1 Å². The quantitative estimate of drug-likeness (QED) is 0.908. The molecule has 2 aromatic heterocycles. The van der Waals surface area contributed by atoms with Gasteiger partial charge in [-0.3, -0.25) is 4.90 Å². The molecule has 0 radical (unpaired) electrons. The molecule has 0 spiro atoms. The number of aliphatic hydroxyl groups is 1. The Balaban J connectivity index is 1.67. The fraction of sp³-hybridized carbons (Fsp3) is 0.538. The maximum Gasteiger partial charge on any atom is 0.283 e. The van der Waals surface area contributed by atoms with Crippen molar-refractivity contribution in [3.63, 3.8) is 0 Å². The fourth-order valence-electron chi connectivity index (χ4n) is 2.47. The van der Waals surface area contributed by atoms with Gasteiger partial charge in [-0.2, -0.15) is 0 Å². The zero-order chi connectivity index (χ0) is 13.3. The number of furan rings is 1. The van der Waals surface area contributed by atoms with Crippen molar-refractivity contribution in [2.24, 2.45) is 0 Å². The van der Waals surface area contributed by atoms with Crippen molar-refractivity contribution in [1.29, 1.82) is 0 Å². The molecule has 6 nitrogen and oxygen atoms in total. The Labute approximate surface area is 111 Å². The van der Waals surface area contributed by atoms with Gasteiger partial charge in [-0.25, -0.2) is 0 Å². The third-order valence-electron chi connectivity index (χ3n) is 3.31. The smallest absolute Gasteiger partial charge is 0.283 e. The van der Waals surface area contributed by atoms with Crippen LogP contribution in [-0.4, -0.2) is 38.9 Å². The molecule has 1 aliphatic rings. The Morgan fingerprint density at radius 3 is 3.11 bits per heavy atom. The number of β-amino-alcohol motifs (C(OH)–C–C–N with tert-alkyl or cyclic N) is 1. The molecule has 3 heterocycles. The lowest BCUT2D eigenvalue weighted by Crippen LogP contribution is -2.45. The van der Waals surface area contributed by atoms with E-state index in [1.807, 2.05) is 6.92 Å². The summed E-state index contributed by atoms with van der Waals surface area (Å²) in [7, 11) is 0. The molecule has 0 aromatic carbocycles. The van der Waals surface area contributed by atoms with E-state index in [2.05, 4.69) is 15.1 Å². The van der Waals surface area contributed by atoms with Gasteiger partial charge in [0.1, 0.15) is 0 Å². The summed E-state index contributed by atoms with van der Waals surface area (Å²) in [6, 6.07) is 3.56. The number of hydrogen-bond donors (Lipinski definition) is 1. The van der Waals surface area contributed by atoms with E-state index in [1.165, 1.54) is 0 Å². The number of hydrogen-bond acceptors (Lipinski definition) is 6. The van der Waals surface area contributed by atoms with Crippen LogP contribution in [0.1, 0.15) is 25.7 Å². The molecular weight excluding hydrogens is 246 g/mol. The average molecular weight is 263 g/mol. The van der Waals surface area contributed by atoms with Crippen LogP contribution in [0.2, 0.25) is 0 Å². The second-order valence-corrected chi connectivity index (χ2v) is 5.29. The first kappa shape index (κ1) is 12.4. The summed E-state index contributed by atoms with van der Waals surface area (Å²) in [6.07, 6.45) is 3.39. The van der Waals surface area contributed by atoms with Crippen molar-refractivity contribution >= 4 is 0 Å². The van der Waals surface area contributed by atoms with E-state index >= 15 is 0 Å². The lowest BCUT2D eigenvalue weighted by molar-refractivity contribution is -0.0203. The maximum absolute atomic E-state index is 10.1. The molecular formula is C13H17N3O3. The van der Waals surface area contributed by atoms with Crippen LogP contribution in [0.15, 0.2) is 27.2 Å². The standard InChI is InChI=1S/C13H17N3O3/c1-13(17)5-3-6-16(9-13)8-11-14-15-12(19-11)10-4-2-7-18-10/h2,4,7,17H,3,5-6,8-9H2,1H3. The summed E-state index contributed by atoms with van der Waals surface area (Å²) >= 11 is 0. The Morgan fingerprint density at radius 2 is 2.37 bits per heavy atom. The summed E-state index contributed by atoms with van der Waals surface area (Å²) < 4.78 is 10.8. The Bertz CT molecular complexity index is 533. The third kappa shape index (κ3) is 2.85. The van der Waals surface area contributed by atoms with Crippen molar-refractivity contribution in [3.05, 3.63) is 24.3 Å². The number of nitrogens with zero attached hydrogens (tertiary/aromatic N) is 3. The van der Waals surface area contributed by atoms with E-state index < -0.39 is 5.60 Å². The number of piperidine rings is 1. The Morgan fingerprint density at radius 1 is 1.47 bits per heavy atom. The molecule has 0 aliphatic carbocycles. The first-order chi connectivity index (χ1) is 9.12. The van der Waals surface area contributed by atoms with Gasteiger partial charge in [0.25, 0.3) is 5.89 Å². The fourth-order valence-corrected chi connectivity index (χ4v) is 2.47. The van der Waals surface area contributed by atoms with Crippen LogP contribution >= 0.6 is 0 Å². The van der Waals surface area contributed by atoms with Crippen molar-refractivity contribution in [2.45, 2.75) is 31.9 Å². The molecule has 0 amide bonds. The van der Waals surface area contributed by atoms with Crippen molar-refractivity contribution in [3.8, 4) is 11.7 Å². The van der Waals surface area contributed by atoms with E-state index in [4.69, 9.17) is 8.83 Å². The summed E-state index contributed by atoms with van der Waals surface area (Å²) in [5, 5.41) is 18.0. The van der Waals surface area contributed by atoms with Crippen LogP contribution in [-0.2, 0) is 6.54 Å². The van der Waals surface area contributed by atoms with E-state index in [-0.39, 0.29) is 0 Å². The highest BCUT2D eigenvalue weighted by atomic mass is 16.4. The zero-order valence-corrected chi connectivity index (χ0v) is 10.9.